The van der Waals surface area contributed by atoms with Crippen molar-refractivity contribution in [2.75, 3.05) is 10.7 Å². The van der Waals surface area contributed by atoms with Crippen molar-refractivity contribution in [3.05, 3.63) is 53.7 Å². The summed E-state index contributed by atoms with van der Waals surface area (Å²) in [5.41, 5.74) is 2.06. The first-order chi connectivity index (χ1) is 9.11. The van der Waals surface area contributed by atoms with Crippen molar-refractivity contribution in [1.29, 1.82) is 0 Å². The summed E-state index contributed by atoms with van der Waals surface area (Å²) in [4.78, 5) is 15.7. The van der Waals surface area contributed by atoms with Crippen LogP contribution < -0.4 is 16.6 Å². The SMILES string of the molecule is NNc1cccc(C(=O)Nc2cccc(F)c2F)n1. The Morgan fingerprint density at radius 3 is 2.63 bits per heavy atom. The smallest absolute Gasteiger partial charge is 0.274 e. The molecule has 7 heteroatoms. The van der Waals surface area contributed by atoms with Crippen molar-refractivity contribution >= 4 is 17.4 Å². The second-order valence-electron chi connectivity index (χ2n) is 3.61. The van der Waals surface area contributed by atoms with Crippen LogP contribution in [-0.4, -0.2) is 10.9 Å². The van der Waals surface area contributed by atoms with E-state index in [1.807, 2.05) is 0 Å². The number of carbonyl (C=O) groups is 1. The molecule has 19 heavy (non-hydrogen) atoms. The second kappa shape index (κ2) is 5.40. The van der Waals surface area contributed by atoms with E-state index in [4.69, 9.17) is 5.84 Å². The minimum atomic E-state index is -1.12. The van der Waals surface area contributed by atoms with Crippen molar-refractivity contribution < 1.29 is 13.6 Å². The van der Waals surface area contributed by atoms with Crippen molar-refractivity contribution in [2.24, 2.45) is 5.84 Å². The Morgan fingerprint density at radius 2 is 1.89 bits per heavy atom. The maximum atomic E-state index is 13.4. The van der Waals surface area contributed by atoms with Crippen LogP contribution in [0.15, 0.2) is 36.4 Å². The highest BCUT2D eigenvalue weighted by Crippen LogP contribution is 2.17. The summed E-state index contributed by atoms with van der Waals surface area (Å²) in [6.45, 7) is 0. The number of carbonyl (C=O) groups excluding carboxylic acids is 1. The van der Waals surface area contributed by atoms with E-state index in [0.717, 1.165) is 6.07 Å². The molecule has 2 aromatic rings. The highest BCUT2D eigenvalue weighted by molar-refractivity contribution is 6.03. The zero-order chi connectivity index (χ0) is 13.8. The molecule has 0 spiro atoms. The number of hydrogen-bond donors (Lipinski definition) is 3. The molecule has 0 saturated carbocycles. The molecule has 0 aliphatic carbocycles. The Morgan fingerprint density at radius 1 is 1.16 bits per heavy atom. The molecule has 1 aromatic heterocycles. The van der Waals surface area contributed by atoms with Gasteiger partial charge >= 0.3 is 0 Å². The summed E-state index contributed by atoms with van der Waals surface area (Å²) in [6, 6.07) is 8.04. The van der Waals surface area contributed by atoms with Gasteiger partial charge in [0.05, 0.1) is 5.69 Å². The normalized spacial score (nSPS) is 10.1. The van der Waals surface area contributed by atoms with Crippen LogP contribution in [0.25, 0.3) is 0 Å². The summed E-state index contributed by atoms with van der Waals surface area (Å²) in [7, 11) is 0. The van der Waals surface area contributed by atoms with Crippen LogP contribution in [0.4, 0.5) is 20.3 Å². The number of nitrogen functional groups attached to an aromatic ring is 1. The average Bonchev–Trinajstić information content (AvgIpc) is 2.44. The van der Waals surface area contributed by atoms with Crippen LogP contribution in [0.1, 0.15) is 10.5 Å². The number of anilines is 2. The molecule has 5 nitrogen and oxygen atoms in total. The number of benzene rings is 1. The quantitative estimate of drug-likeness (QED) is 0.584. The van der Waals surface area contributed by atoms with Gasteiger partial charge in [0, 0.05) is 0 Å². The van der Waals surface area contributed by atoms with Gasteiger partial charge < -0.3 is 10.7 Å². The van der Waals surface area contributed by atoms with E-state index in [2.05, 4.69) is 15.7 Å². The number of halogens is 2. The van der Waals surface area contributed by atoms with E-state index in [-0.39, 0.29) is 17.2 Å². The number of amides is 1. The predicted molar refractivity (Wildman–Crippen MR) is 66.4 cm³/mol. The van der Waals surface area contributed by atoms with Crippen molar-refractivity contribution in [2.45, 2.75) is 0 Å². The van der Waals surface area contributed by atoms with Crippen LogP contribution >= 0.6 is 0 Å². The van der Waals surface area contributed by atoms with Gasteiger partial charge in [-0.1, -0.05) is 12.1 Å². The summed E-state index contributed by atoms with van der Waals surface area (Å²) in [5, 5.41) is 2.23. The highest BCUT2D eigenvalue weighted by Gasteiger charge is 2.13. The summed E-state index contributed by atoms with van der Waals surface area (Å²) >= 11 is 0. The first-order valence-corrected chi connectivity index (χ1v) is 5.31. The number of hydrogen-bond acceptors (Lipinski definition) is 4. The Balaban J connectivity index is 2.23. The lowest BCUT2D eigenvalue weighted by atomic mass is 10.2. The molecule has 1 heterocycles. The van der Waals surface area contributed by atoms with Gasteiger partial charge in [0.1, 0.15) is 11.5 Å². The van der Waals surface area contributed by atoms with E-state index in [0.29, 0.717) is 0 Å². The van der Waals surface area contributed by atoms with Gasteiger partial charge in [0.25, 0.3) is 5.91 Å². The fourth-order valence-electron chi connectivity index (χ4n) is 1.43. The van der Waals surface area contributed by atoms with Crippen LogP contribution in [-0.2, 0) is 0 Å². The van der Waals surface area contributed by atoms with Gasteiger partial charge in [-0.2, -0.15) is 0 Å². The Hall–Kier alpha value is -2.54. The van der Waals surface area contributed by atoms with E-state index in [1.165, 1.54) is 18.2 Å². The van der Waals surface area contributed by atoms with Crippen LogP contribution in [0.2, 0.25) is 0 Å². The van der Waals surface area contributed by atoms with Crippen LogP contribution in [0.5, 0.6) is 0 Å². The number of aromatic nitrogens is 1. The molecular formula is C12H10F2N4O. The summed E-state index contributed by atoms with van der Waals surface area (Å²) in [5.74, 6) is 2.62. The highest BCUT2D eigenvalue weighted by atomic mass is 19.2. The van der Waals surface area contributed by atoms with Crippen LogP contribution in [0, 0.1) is 11.6 Å². The predicted octanol–water partition coefficient (Wildman–Crippen LogP) is 1.90. The molecule has 98 valence electrons. The molecular weight excluding hydrogens is 254 g/mol. The first-order valence-electron chi connectivity index (χ1n) is 5.31. The zero-order valence-corrected chi connectivity index (χ0v) is 9.65. The molecule has 4 N–H and O–H groups in total. The van der Waals surface area contributed by atoms with E-state index in [1.54, 1.807) is 12.1 Å². The maximum absolute atomic E-state index is 13.4. The topological polar surface area (TPSA) is 80.0 Å². The molecule has 1 amide bonds. The lowest BCUT2D eigenvalue weighted by Crippen LogP contribution is -2.17. The monoisotopic (exact) mass is 264 g/mol. The second-order valence-corrected chi connectivity index (χ2v) is 3.61. The van der Waals surface area contributed by atoms with Gasteiger partial charge in [0.2, 0.25) is 0 Å². The van der Waals surface area contributed by atoms with Gasteiger partial charge in [0.15, 0.2) is 11.6 Å². The number of nitrogens with zero attached hydrogens (tertiary/aromatic N) is 1. The third-order valence-electron chi connectivity index (χ3n) is 2.33. The molecule has 0 radical (unpaired) electrons. The van der Waals surface area contributed by atoms with Gasteiger partial charge in [-0.05, 0) is 24.3 Å². The van der Waals surface area contributed by atoms with E-state index >= 15 is 0 Å². The molecule has 0 aliphatic heterocycles. The standard InChI is InChI=1S/C12H10F2N4O/c13-7-3-1-4-8(11(7)14)17-12(19)9-5-2-6-10(16-9)18-15/h1-6H,15H2,(H,16,18)(H,17,19). The van der Waals surface area contributed by atoms with Crippen molar-refractivity contribution in [3.8, 4) is 0 Å². The fraction of sp³-hybridized carbons (Fsp3) is 0. The molecule has 0 aliphatic rings. The van der Waals surface area contributed by atoms with E-state index < -0.39 is 17.5 Å². The Labute approximate surface area is 107 Å². The van der Waals surface area contributed by atoms with E-state index in [9.17, 15) is 13.6 Å². The molecule has 0 fully saturated rings. The van der Waals surface area contributed by atoms with Gasteiger partial charge in [-0.15, -0.1) is 0 Å². The number of nitrogens with two attached hydrogens (primary N) is 1. The van der Waals surface area contributed by atoms with Crippen molar-refractivity contribution in [1.82, 2.24) is 4.98 Å². The fourth-order valence-corrected chi connectivity index (χ4v) is 1.43. The zero-order valence-electron chi connectivity index (χ0n) is 9.65. The largest absolute Gasteiger partial charge is 0.318 e. The molecule has 2 rings (SSSR count). The number of nitrogens with one attached hydrogen (secondary N) is 2. The van der Waals surface area contributed by atoms with Crippen molar-refractivity contribution in [3.63, 3.8) is 0 Å². The lowest BCUT2D eigenvalue weighted by molar-refractivity contribution is 0.102. The number of pyridine rings is 1. The maximum Gasteiger partial charge on any atom is 0.274 e. The van der Waals surface area contributed by atoms with Crippen LogP contribution in [0.3, 0.4) is 0 Å². The average molecular weight is 264 g/mol. The van der Waals surface area contributed by atoms with Gasteiger partial charge in [-0.3, -0.25) is 4.79 Å². The third kappa shape index (κ3) is 2.83. The Bertz CT molecular complexity index is 618. The third-order valence-corrected chi connectivity index (χ3v) is 2.33. The molecule has 0 saturated heterocycles. The summed E-state index contributed by atoms with van der Waals surface area (Å²) < 4.78 is 26.4. The minimum Gasteiger partial charge on any atom is -0.318 e. The molecule has 1 aromatic carbocycles. The Kier molecular flexibility index (Phi) is 3.67. The molecule has 0 atom stereocenters. The first kappa shape index (κ1) is 12.9. The number of hydrazine groups is 1. The molecule has 0 unspecified atom stereocenters. The molecule has 0 bridgehead atoms. The summed E-state index contributed by atoms with van der Waals surface area (Å²) in [6.07, 6.45) is 0. The minimum absolute atomic E-state index is 0.0270. The number of rotatable bonds is 3. The lowest BCUT2D eigenvalue weighted by Gasteiger charge is -2.07. The van der Waals surface area contributed by atoms with Gasteiger partial charge in [-0.25, -0.2) is 19.6 Å².